The maximum Gasteiger partial charge on any atom is 0.352 e. The van der Waals surface area contributed by atoms with Gasteiger partial charge >= 0.3 is 5.97 Å². The molecule has 3 aromatic carbocycles. The Hall–Kier alpha value is -3.64. The molecular formula is C24H17ClFNO4. The van der Waals surface area contributed by atoms with E-state index in [1.165, 1.54) is 6.20 Å². The molecule has 0 spiro atoms. The summed E-state index contributed by atoms with van der Waals surface area (Å²) < 4.78 is 30.4. The average molecular weight is 438 g/mol. The molecule has 7 heteroatoms. The first kappa shape index (κ1) is 20.6. The maximum absolute atomic E-state index is 13.8. The Kier molecular flexibility index (Phi) is 6.00. The van der Waals surface area contributed by atoms with Gasteiger partial charge in [-0.25, -0.2) is 14.2 Å². The first-order valence-corrected chi connectivity index (χ1v) is 9.82. The van der Waals surface area contributed by atoms with Crippen LogP contribution >= 0.6 is 11.6 Å². The van der Waals surface area contributed by atoms with E-state index in [1.807, 2.05) is 36.4 Å². The molecule has 0 aliphatic heterocycles. The molecule has 0 aliphatic rings. The maximum atomic E-state index is 13.8. The monoisotopic (exact) mass is 437 g/mol. The zero-order valence-corrected chi connectivity index (χ0v) is 17.2. The van der Waals surface area contributed by atoms with Crippen molar-refractivity contribution in [1.82, 2.24) is 4.98 Å². The molecule has 0 N–H and O–H groups in total. The number of hydrogen-bond donors (Lipinski definition) is 0. The fourth-order valence-electron chi connectivity index (χ4n) is 2.90. The van der Waals surface area contributed by atoms with Gasteiger partial charge in [-0.1, -0.05) is 48.0 Å². The number of halogens is 2. The van der Waals surface area contributed by atoms with Crippen molar-refractivity contribution in [2.45, 2.75) is 13.0 Å². The molecule has 5 nitrogen and oxygen atoms in total. The summed E-state index contributed by atoms with van der Waals surface area (Å²) in [5.41, 5.74) is 0. The van der Waals surface area contributed by atoms with E-state index in [1.54, 1.807) is 37.3 Å². The van der Waals surface area contributed by atoms with Gasteiger partial charge in [0.1, 0.15) is 17.2 Å². The van der Waals surface area contributed by atoms with Crippen LogP contribution < -0.4 is 14.2 Å². The van der Waals surface area contributed by atoms with Crippen LogP contribution in [0.25, 0.3) is 10.8 Å². The van der Waals surface area contributed by atoms with Crippen LogP contribution in [0.5, 0.6) is 23.1 Å². The first-order chi connectivity index (χ1) is 15.0. The molecule has 31 heavy (non-hydrogen) atoms. The number of carbonyl (C=O) groups excluding carboxylic acids is 1. The smallest absolute Gasteiger partial charge is 0.352 e. The van der Waals surface area contributed by atoms with Gasteiger partial charge in [-0.2, -0.15) is 0 Å². The van der Waals surface area contributed by atoms with E-state index < -0.39 is 17.9 Å². The summed E-state index contributed by atoms with van der Waals surface area (Å²) in [5, 5.41) is 2.00. The lowest BCUT2D eigenvalue weighted by molar-refractivity contribution is -0.141. The third-order valence-electron chi connectivity index (χ3n) is 4.42. The number of fused-ring (bicyclic) bond motifs is 1. The van der Waals surface area contributed by atoms with Crippen molar-refractivity contribution in [2.24, 2.45) is 0 Å². The fraction of sp³-hybridized carbons (Fsp3) is 0.0833. The number of carbonyl (C=O) groups is 1. The van der Waals surface area contributed by atoms with Crippen molar-refractivity contribution in [3.63, 3.8) is 0 Å². The Balaban J connectivity index is 1.40. The SMILES string of the molecule is C[C@@H](Oc1ccc(Oc2ncc(Cl)cc2F)cc1)C(=O)Oc1cccc2ccccc12. The Bertz CT molecular complexity index is 1220. The molecule has 1 atom stereocenters. The van der Waals surface area contributed by atoms with Gasteiger partial charge in [0.05, 0.1) is 5.02 Å². The highest BCUT2D eigenvalue weighted by atomic mass is 35.5. The number of esters is 1. The molecule has 156 valence electrons. The molecule has 4 rings (SSSR count). The second-order valence-electron chi connectivity index (χ2n) is 6.67. The van der Waals surface area contributed by atoms with E-state index in [9.17, 15) is 9.18 Å². The zero-order chi connectivity index (χ0) is 21.8. The molecule has 0 amide bonds. The average Bonchev–Trinajstić information content (AvgIpc) is 2.77. The molecule has 0 aliphatic carbocycles. The van der Waals surface area contributed by atoms with Crippen LogP contribution in [-0.4, -0.2) is 17.1 Å². The molecule has 0 radical (unpaired) electrons. The number of hydrogen-bond acceptors (Lipinski definition) is 5. The summed E-state index contributed by atoms with van der Waals surface area (Å²) in [7, 11) is 0. The first-order valence-electron chi connectivity index (χ1n) is 9.45. The standard InChI is InChI=1S/C24H17ClFNO4/c1-15(24(28)31-22-8-4-6-16-5-2-3-7-20(16)22)29-18-9-11-19(12-10-18)30-23-21(26)13-17(25)14-27-23/h2-15H,1H3/t15-/m1/s1. The van der Waals surface area contributed by atoms with Gasteiger partial charge < -0.3 is 14.2 Å². The number of ether oxygens (including phenoxy) is 3. The summed E-state index contributed by atoms with van der Waals surface area (Å²) in [5.74, 6) is -0.127. The molecule has 0 saturated carbocycles. The van der Waals surface area contributed by atoms with Crippen LogP contribution in [0, 0.1) is 5.82 Å². The van der Waals surface area contributed by atoms with Crippen molar-refractivity contribution >= 4 is 28.3 Å². The van der Waals surface area contributed by atoms with E-state index >= 15 is 0 Å². The molecule has 0 fully saturated rings. The molecule has 4 aromatic rings. The van der Waals surface area contributed by atoms with E-state index in [2.05, 4.69) is 4.98 Å². The predicted octanol–water partition coefficient (Wildman–Crippen LogP) is 6.19. The quantitative estimate of drug-likeness (QED) is 0.266. The van der Waals surface area contributed by atoms with Gasteiger partial charge in [-0.15, -0.1) is 0 Å². The van der Waals surface area contributed by atoms with E-state index in [0.717, 1.165) is 16.8 Å². The molecule has 0 bridgehead atoms. The van der Waals surface area contributed by atoms with Crippen LogP contribution in [0.3, 0.4) is 0 Å². The second kappa shape index (κ2) is 9.02. The van der Waals surface area contributed by atoms with Crippen molar-refractivity contribution < 1.29 is 23.4 Å². The van der Waals surface area contributed by atoms with Crippen LogP contribution in [0.2, 0.25) is 5.02 Å². The summed E-state index contributed by atoms with van der Waals surface area (Å²) in [6.45, 7) is 1.60. The largest absolute Gasteiger partial charge is 0.479 e. The van der Waals surface area contributed by atoms with Gasteiger partial charge in [0, 0.05) is 11.6 Å². The summed E-state index contributed by atoms with van der Waals surface area (Å²) in [6.07, 6.45) is 0.446. The van der Waals surface area contributed by atoms with Gasteiger partial charge in [-0.05, 0) is 48.7 Å². The molecular weight excluding hydrogens is 421 g/mol. The molecule has 0 saturated heterocycles. The fourth-order valence-corrected chi connectivity index (χ4v) is 3.05. The molecule has 1 aromatic heterocycles. The number of aromatic nitrogens is 1. The summed E-state index contributed by atoms with van der Waals surface area (Å²) >= 11 is 5.68. The molecule has 1 heterocycles. The number of nitrogens with zero attached hydrogens (tertiary/aromatic N) is 1. The van der Waals surface area contributed by atoms with E-state index in [0.29, 0.717) is 17.2 Å². The highest BCUT2D eigenvalue weighted by Gasteiger charge is 2.18. The third kappa shape index (κ3) is 4.92. The lowest BCUT2D eigenvalue weighted by atomic mass is 10.1. The minimum atomic E-state index is -0.846. The zero-order valence-electron chi connectivity index (χ0n) is 16.4. The number of pyridine rings is 1. The van der Waals surface area contributed by atoms with Crippen molar-refractivity contribution in [2.75, 3.05) is 0 Å². The predicted molar refractivity (Wildman–Crippen MR) is 115 cm³/mol. The number of rotatable bonds is 6. The summed E-state index contributed by atoms with van der Waals surface area (Å²) in [6, 6.07) is 20.6. The van der Waals surface area contributed by atoms with E-state index in [-0.39, 0.29) is 10.9 Å². The van der Waals surface area contributed by atoms with E-state index in [4.69, 9.17) is 25.8 Å². The Labute approximate surface area is 183 Å². The topological polar surface area (TPSA) is 57.7 Å². The van der Waals surface area contributed by atoms with Crippen LogP contribution in [0.1, 0.15) is 6.92 Å². The minimum Gasteiger partial charge on any atom is -0.479 e. The highest BCUT2D eigenvalue weighted by Crippen LogP contribution is 2.27. The Morgan fingerprint density at radius 1 is 1.00 bits per heavy atom. The van der Waals surface area contributed by atoms with Gasteiger partial charge in [0.15, 0.2) is 11.9 Å². The second-order valence-corrected chi connectivity index (χ2v) is 7.11. The van der Waals surface area contributed by atoms with Crippen LogP contribution in [0.15, 0.2) is 79.0 Å². The van der Waals surface area contributed by atoms with Crippen molar-refractivity contribution in [3.05, 3.63) is 89.8 Å². The lowest BCUT2D eigenvalue weighted by Gasteiger charge is -2.15. The van der Waals surface area contributed by atoms with Gasteiger partial charge in [0.2, 0.25) is 0 Å². The van der Waals surface area contributed by atoms with Gasteiger partial charge in [-0.3, -0.25) is 0 Å². The normalized spacial score (nSPS) is 11.7. The Morgan fingerprint density at radius 2 is 1.71 bits per heavy atom. The summed E-state index contributed by atoms with van der Waals surface area (Å²) in [4.78, 5) is 16.3. The van der Waals surface area contributed by atoms with Crippen molar-refractivity contribution in [1.29, 1.82) is 0 Å². The number of benzene rings is 3. The van der Waals surface area contributed by atoms with Crippen molar-refractivity contribution in [3.8, 4) is 23.1 Å². The lowest BCUT2D eigenvalue weighted by Crippen LogP contribution is -2.28. The highest BCUT2D eigenvalue weighted by molar-refractivity contribution is 6.30. The van der Waals surface area contributed by atoms with Crippen LogP contribution in [0.4, 0.5) is 4.39 Å². The van der Waals surface area contributed by atoms with Gasteiger partial charge in [0.25, 0.3) is 5.88 Å². The van der Waals surface area contributed by atoms with Crippen LogP contribution in [-0.2, 0) is 4.79 Å². The Morgan fingerprint density at radius 3 is 2.48 bits per heavy atom. The molecule has 0 unspecified atom stereocenters. The third-order valence-corrected chi connectivity index (χ3v) is 4.62. The minimum absolute atomic E-state index is 0.179.